The van der Waals surface area contributed by atoms with Crippen LogP contribution in [0.5, 0.6) is 5.75 Å². The average molecular weight is 358 g/mol. The van der Waals surface area contributed by atoms with Gasteiger partial charge in [0.1, 0.15) is 18.2 Å². The van der Waals surface area contributed by atoms with Gasteiger partial charge in [0.05, 0.1) is 25.3 Å². The van der Waals surface area contributed by atoms with Crippen LogP contribution < -0.4 is 4.74 Å². The number of rotatable bonds is 7. The first kappa shape index (κ1) is 18.3. The van der Waals surface area contributed by atoms with Gasteiger partial charge in [0.15, 0.2) is 0 Å². The van der Waals surface area contributed by atoms with Crippen LogP contribution in [0.25, 0.3) is 0 Å². The van der Waals surface area contributed by atoms with Crippen molar-refractivity contribution in [1.82, 2.24) is 9.88 Å². The van der Waals surface area contributed by atoms with E-state index in [1.165, 1.54) is 12.1 Å². The van der Waals surface area contributed by atoms with E-state index in [0.29, 0.717) is 31.9 Å². The third-order valence-electron chi connectivity index (χ3n) is 4.38. The fraction of sp³-hybridized carbons (Fsp3) is 0.400. The summed E-state index contributed by atoms with van der Waals surface area (Å²) in [6, 6.07) is 9.89. The van der Waals surface area contributed by atoms with E-state index in [9.17, 15) is 9.18 Å². The summed E-state index contributed by atoms with van der Waals surface area (Å²) in [7, 11) is 0. The molecule has 0 aliphatic carbocycles. The molecular weight excluding hydrogens is 335 g/mol. The number of hydrogen-bond donors (Lipinski definition) is 0. The lowest BCUT2D eigenvalue weighted by Gasteiger charge is -2.32. The molecule has 1 amide bonds. The zero-order valence-electron chi connectivity index (χ0n) is 14.6. The first-order valence-electron chi connectivity index (χ1n) is 8.87. The molecule has 0 spiro atoms. The number of nitrogens with zero attached hydrogens (tertiary/aromatic N) is 2. The minimum atomic E-state index is -0.309. The number of hydrogen-bond acceptors (Lipinski definition) is 4. The van der Waals surface area contributed by atoms with E-state index in [2.05, 4.69) is 4.98 Å². The minimum Gasteiger partial charge on any atom is -0.490 e. The number of halogens is 1. The Kier molecular flexibility index (Phi) is 6.55. The summed E-state index contributed by atoms with van der Waals surface area (Å²) in [6.45, 7) is 2.33. The molecule has 0 radical (unpaired) electrons. The fourth-order valence-corrected chi connectivity index (χ4v) is 3.01. The van der Waals surface area contributed by atoms with Gasteiger partial charge in [-0.2, -0.15) is 0 Å². The number of ether oxygens (including phenoxy) is 2. The van der Waals surface area contributed by atoms with Crippen molar-refractivity contribution in [3.05, 3.63) is 60.2 Å². The van der Waals surface area contributed by atoms with Gasteiger partial charge in [-0.1, -0.05) is 12.1 Å². The number of likely N-dealkylation sites (tertiary alicyclic amines) is 1. The standard InChI is InChI=1S/C20H23FN2O3/c21-17-4-1-3-16(13-17)14-20(24)23-9-6-18(7-10-23)25-11-12-26-19-5-2-8-22-15-19/h1-5,8,13,15,18H,6-7,9-12,14H2. The summed E-state index contributed by atoms with van der Waals surface area (Å²) in [5, 5.41) is 0. The molecule has 0 saturated carbocycles. The van der Waals surface area contributed by atoms with E-state index >= 15 is 0 Å². The molecule has 3 rings (SSSR count). The first-order valence-corrected chi connectivity index (χ1v) is 8.87. The topological polar surface area (TPSA) is 51.7 Å². The Balaban J connectivity index is 1.34. The Morgan fingerprint density at radius 2 is 2.04 bits per heavy atom. The van der Waals surface area contributed by atoms with Crippen LogP contribution in [-0.2, 0) is 16.0 Å². The lowest BCUT2D eigenvalue weighted by atomic mass is 10.1. The second kappa shape index (κ2) is 9.29. The van der Waals surface area contributed by atoms with Gasteiger partial charge in [0, 0.05) is 19.3 Å². The normalized spacial score (nSPS) is 15.0. The van der Waals surface area contributed by atoms with Gasteiger partial charge in [-0.3, -0.25) is 9.78 Å². The molecule has 138 valence electrons. The minimum absolute atomic E-state index is 0.0361. The number of aromatic nitrogens is 1. The molecule has 0 N–H and O–H groups in total. The highest BCUT2D eigenvalue weighted by atomic mass is 19.1. The van der Waals surface area contributed by atoms with E-state index in [1.54, 1.807) is 24.5 Å². The van der Waals surface area contributed by atoms with E-state index in [0.717, 1.165) is 18.6 Å². The first-order chi connectivity index (χ1) is 12.7. The number of benzene rings is 1. The molecule has 0 bridgehead atoms. The Morgan fingerprint density at radius 1 is 1.19 bits per heavy atom. The monoisotopic (exact) mass is 358 g/mol. The molecule has 1 aromatic heterocycles. The molecule has 1 fully saturated rings. The van der Waals surface area contributed by atoms with E-state index in [1.807, 2.05) is 17.0 Å². The number of piperidine rings is 1. The summed E-state index contributed by atoms with van der Waals surface area (Å²) < 4.78 is 24.6. The zero-order valence-corrected chi connectivity index (χ0v) is 14.6. The summed E-state index contributed by atoms with van der Waals surface area (Å²) >= 11 is 0. The highest BCUT2D eigenvalue weighted by Gasteiger charge is 2.23. The molecule has 6 heteroatoms. The highest BCUT2D eigenvalue weighted by molar-refractivity contribution is 5.78. The largest absolute Gasteiger partial charge is 0.490 e. The molecule has 2 aromatic rings. The van der Waals surface area contributed by atoms with Crippen LogP contribution in [-0.4, -0.2) is 48.2 Å². The van der Waals surface area contributed by atoms with Crippen LogP contribution in [0.1, 0.15) is 18.4 Å². The maximum Gasteiger partial charge on any atom is 0.226 e. The predicted molar refractivity (Wildman–Crippen MR) is 95.4 cm³/mol. The van der Waals surface area contributed by atoms with Gasteiger partial charge >= 0.3 is 0 Å². The summed E-state index contributed by atoms with van der Waals surface area (Å²) in [5.74, 6) is 0.457. The quantitative estimate of drug-likeness (QED) is 0.714. The molecule has 1 aliphatic rings. The second-order valence-electron chi connectivity index (χ2n) is 6.29. The van der Waals surface area contributed by atoms with Crippen LogP contribution in [0.3, 0.4) is 0 Å². The van der Waals surface area contributed by atoms with E-state index in [-0.39, 0.29) is 24.2 Å². The second-order valence-corrected chi connectivity index (χ2v) is 6.29. The molecule has 1 aliphatic heterocycles. The van der Waals surface area contributed by atoms with Crippen molar-refractivity contribution in [3.8, 4) is 5.75 Å². The predicted octanol–water partition coefficient (Wildman–Crippen LogP) is 2.85. The molecule has 26 heavy (non-hydrogen) atoms. The summed E-state index contributed by atoms with van der Waals surface area (Å²) in [5.41, 5.74) is 0.709. The van der Waals surface area contributed by atoms with Crippen LogP contribution in [0.15, 0.2) is 48.8 Å². The average Bonchev–Trinajstić information content (AvgIpc) is 2.66. The maximum atomic E-state index is 13.2. The summed E-state index contributed by atoms with van der Waals surface area (Å²) in [4.78, 5) is 18.2. The fourth-order valence-electron chi connectivity index (χ4n) is 3.01. The van der Waals surface area contributed by atoms with Crippen molar-refractivity contribution < 1.29 is 18.7 Å². The van der Waals surface area contributed by atoms with Crippen molar-refractivity contribution in [2.45, 2.75) is 25.4 Å². The van der Waals surface area contributed by atoms with Gasteiger partial charge in [-0.05, 0) is 42.7 Å². The van der Waals surface area contributed by atoms with Gasteiger partial charge in [0.25, 0.3) is 0 Å². The molecule has 0 unspecified atom stereocenters. The molecule has 1 aromatic carbocycles. The number of amides is 1. The third kappa shape index (κ3) is 5.52. The van der Waals surface area contributed by atoms with Gasteiger partial charge < -0.3 is 14.4 Å². The SMILES string of the molecule is O=C(Cc1cccc(F)c1)N1CCC(OCCOc2cccnc2)CC1. The third-order valence-corrected chi connectivity index (χ3v) is 4.38. The van der Waals surface area contributed by atoms with Crippen molar-refractivity contribution in [2.24, 2.45) is 0 Å². The van der Waals surface area contributed by atoms with Crippen LogP contribution in [0, 0.1) is 5.82 Å². The molecule has 1 saturated heterocycles. The smallest absolute Gasteiger partial charge is 0.226 e. The Hall–Kier alpha value is -2.47. The number of carbonyl (C=O) groups is 1. The van der Waals surface area contributed by atoms with E-state index in [4.69, 9.17) is 9.47 Å². The number of carbonyl (C=O) groups excluding carboxylic acids is 1. The molecular formula is C20H23FN2O3. The molecule has 0 atom stereocenters. The highest BCUT2D eigenvalue weighted by Crippen LogP contribution is 2.16. The Morgan fingerprint density at radius 3 is 2.77 bits per heavy atom. The lowest BCUT2D eigenvalue weighted by Crippen LogP contribution is -2.41. The zero-order chi connectivity index (χ0) is 18.2. The van der Waals surface area contributed by atoms with Gasteiger partial charge in [-0.15, -0.1) is 0 Å². The molecule has 5 nitrogen and oxygen atoms in total. The Labute approximate surface area is 152 Å². The van der Waals surface area contributed by atoms with Crippen LogP contribution >= 0.6 is 0 Å². The van der Waals surface area contributed by atoms with Crippen molar-refractivity contribution >= 4 is 5.91 Å². The van der Waals surface area contributed by atoms with Crippen LogP contribution in [0.4, 0.5) is 4.39 Å². The van der Waals surface area contributed by atoms with Crippen molar-refractivity contribution in [2.75, 3.05) is 26.3 Å². The van der Waals surface area contributed by atoms with Crippen LogP contribution in [0.2, 0.25) is 0 Å². The van der Waals surface area contributed by atoms with Crippen molar-refractivity contribution in [1.29, 1.82) is 0 Å². The van der Waals surface area contributed by atoms with E-state index < -0.39 is 0 Å². The van der Waals surface area contributed by atoms with Gasteiger partial charge in [0.2, 0.25) is 5.91 Å². The van der Waals surface area contributed by atoms with Gasteiger partial charge in [-0.25, -0.2) is 4.39 Å². The lowest BCUT2D eigenvalue weighted by molar-refractivity contribution is -0.133. The summed E-state index contributed by atoms with van der Waals surface area (Å²) in [6.07, 6.45) is 5.37. The Bertz CT molecular complexity index is 703. The molecule has 2 heterocycles. The number of pyridine rings is 1. The van der Waals surface area contributed by atoms with Crippen molar-refractivity contribution in [3.63, 3.8) is 0 Å². The maximum absolute atomic E-state index is 13.2.